The third-order valence-electron chi connectivity index (χ3n) is 3.86. The average Bonchev–Trinajstić information content (AvgIpc) is 3.12. The van der Waals surface area contributed by atoms with Crippen molar-refractivity contribution < 1.29 is 9.21 Å². The Hall–Kier alpha value is -2.81. The second kappa shape index (κ2) is 6.97. The summed E-state index contributed by atoms with van der Waals surface area (Å²) in [5.41, 5.74) is 1.95. The van der Waals surface area contributed by atoms with Gasteiger partial charge in [0.15, 0.2) is 0 Å². The van der Waals surface area contributed by atoms with Crippen molar-refractivity contribution >= 4 is 5.91 Å². The fourth-order valence-corrected chi connectivity index (χ4v) is 2.69. The highest BCUT2D eigenvalue weighted by Crippen LogP contribution is 2.26. The van der Waals surface area contributed by atoms with Gasteiger partial charge in [0, 0.05) is 0 Å². The molecule has 0 saturated heterocycles. The highest BCUT2D eigenvalue weighted by Gasteiger charge is 2.24. The smallest absolute Gasteiger partial charge is 0.232 e. The van der Waals surface area contributed by atoms with Crippen LogP contribution in [-0.4, -0.2) is 5.91 Å². The summed E-state index contributed by atoms with van der Waals surface area (Å²) in [6.45, 7) is 1.92. The summed E-state index contributed by atoms with van der Waals surface area (Å²) < 4.78 is 5.37. The summed E-state index contributed by atoms with van der Waals surface area (Å²) in [6.07, 6.45) is 1.61. The molecule has 0 saturated carbocycles. The summed E-state index contributed by atoms with van der Waals surface area (Å²) in [5.74, 6) is 0.374. The zero-order chi connectivity index (χ0) is 16.1. The Morgan fingerprint density at radius 3 is 1.91 bits per heavy atom. The Morgan fingerprint density at radius 1 is 0.870 bits per heavy atom. The van der Waals surface area contributed by atoms with Gasteiger partial charge in [0.1, 0.15) is 5.76 Å². The van der Waals surface area contributed by atoms with E-state index in [1.54, 1.807) is 6.26 Å². The second-order valence-corrected chi connectivity index (χ2v) is 5.50. The van der Waals surface area contributed by atoms with Gasteiger partial charge in [-0.15, -0.1) is 0 Å². The fourth-order valence-electron chi connectivity index (χ4n) is 2.69. The van der Waals surface area contributed by atoms with Crippen LogP contribution in [0.15, 0.2) is 83.5 Å². The molecular weight excluding hydrogens is 286 g/mol. The third kappa shape index (κ3) is 3.51. The van der Waals surface area contributed by atoms with Crippen molar-refractivity contribution in [2.24, 2.45) is 0 Å². The molecule has 0 aliphatic rings. The first kappa shape index (κ1) is 15.1. The Labute approximate surface area is 136 Å². The van der Waals surface area contributed by atoms with Crippen LogP contribution in [0.4, 0.5) is 0 Å². The van der Waals surface area contributed by atoms with Crippen molar-refractivity contribution in [3.05, 3.63) is 95.9 Å². The average molecular weight is 305 g/mol. The van der Waals surface area contributed by atoms with Crippen LogP contribution in [0.3, 0.4) is 0 Å². The molecule has 0 fully saturated rings. The van der Waals surface area contributed by atoms with Crippen molar-refractivity contribution in [3.8, 4) is 0 Å². The Bertz CT molecular complexity index is 696. The lowest BCUT2D eigenvalue weighted by Crippen LogP contribution is -2.32. The van der Waals surface area contributed by atoms with Gasteiger partial charge >= 0.3 is 0 Å². The van der Waals surface area contributed by atoms with Crippen LogP contribution in [0.1, 0.15) is 35.8 Å². The molecule has 1 heterocycles. The van der Waals surface area contributed by atoms with Gasteiger partial charge in [-0.1, -0.05) is 60.7 Å². The normalized spacial score (nSPS) is 12.1. The minimum Gasteiger partial charge on any atom is -0.467 e. The highest BCUT2D eigenvalue weighted by molar-refractivity contribution is 5.87. The number of carbonyl (C=O) groups excluding carboxylic acids is 1. The molecule has 3 rings (SSSR count). The summed E-state index contributed by atoms with van der Waals surface area (Å²) in [4.78, 5) is 12.9. The zero-order valence-corrected chi connectivity index (χ0v) is 13.0. The molecule has 1 amide bonds. The lowest BCUT2D eigenvalue weighted by Gasteiger charge is -2.20. The van der Waals surface area contributed by atoms with Gasteiger partial charge in [-0.05, 0) is 30.2 Å². The standard InChI is InChI=1S/C20H19NO2/c1-15(18-13-8-14-23-18)21-20(22)19(16-9-4-2-5-10-16)17-11-6-3-7-12-17/h2-15,19H,1H3,(H,21,22)/t15-/m0/s1. The summed E-state index contributed by atoms with van der Waals surface area (Å²) in [6, 6.07) is 23.2. The SMILES string of the molecule is C[C@H](NC(=O)C(c1ccccc1)c1ccccc1)c1ccco1. The van der Waals surface area contributed by atoms with E-state index in [2.05, 4.69) is 5.32 Å². The van der Waals surface area contributed by atoms with E-state index in [4.69, 9.17) is 4.42 Å². The van der Waals surface area contributed by atoms with E-state index >= 15 is 0 Å². The molecular formula is C20H19NO2. The van der Waals surface area contributed by atoms with Crippen LogP contribution in [0, 0.1) is 0 Å². The Morgan fingerprint density at radius 2 is 1.43 bits per heavy atom. The number of furan rings is 1. The van der Waals surface area contributed by atoms with E-state index in [9.17, 15) is 4.79 Å². The minimum atomic E-state index is -0.338. The molecule has 1 atom stereocenters. The van der Waals surface area contributed by atoms with Crippen LogP contribution in [0.5, 0.6) is 0 Å². The molecule has 0 unspecified atom stereocenters. The molecule has 0 aliphatic carbocycles. The Kier molecular flexibility index (Phi) is 4.57. The second-order valence-electron chi connectivity index (χ2n) is 5.50. The van der Waals surface area contributed by atoms with E-state index in [0.29, 0.717) is 0 Å². The van der Waals surface area contributed by atoms with Gasteiger partial charge in [0.05, 0.1) is 18.2 Å². The summed E-state index contributed by atoms with van der Waals surface area (Å²) >= 11 is 0. The van der Waals surface area contributed by atoms with Crippen LogP contribution in [0.25, 0.3) is 0 Å². The monoisotopic (exact) mass is 305 g/mol. The lowest BCUT2D eigenvalue weighted by molar-refractivity contribution is -0.122. The largest absolute Gasteiger partial charge is 0.467 e. The predicted octanol–water partition coefficient (Wildman–Crippen LogP) is 4.29. The maximum absolute atomic E-state index is 12.9. The lowest BCUT2D eigenvalue weighted by atomic mass is 9.90. The van der Waals surface area contributed by atoms with E-state index in [1.807, 2.05) is 79.7 Å². The van der Waals surface area contributed by atoms with Crippen LogP contribution < -0.4 is 5.32 Å². The molecule has 1 aromatic heterocycles. The van der Waals surface area contributed by atoms with Crippen LogP contribution >= 0.6 is 0 Å². The first-order valence-electron chi connectivity index (χ1n) is 7.69. The van der Waals surface area contributed by atoms with Crippen molar-refractivity contribution in [3.63, 3.8) is 0 Å². The first-order valence-corrected chi connectivity index (χ1v) is 7.69. The first-order chi connectivity index (χ1) is 11.3. The van der Waals surface area contributed by atoms with Crippen molar-refractivity contribution in [2.45, 2.75) is 18.9 Å². The maximum atomic E-state index is 12.9. The molecule has 1 N–H and O–H groups in total. The van der Waals surface area contributed by atoms with E-state index < -0.39 is 0 Å². The quantitative estimate of drug-likeness (QED) is 0.764. The molecule has 116 valence electrons. The number of hydrogen-bond donors (Lipinski definition) is 1. The number of hydrogen-bond acceptors (Lipinski definition) is 2. The minimum absolute atomic E-state index is 0.0358. The zero-order valence-electron chi connectivity index (χ0n) is 13.0. The number of amides is 1. The van der Waals surface area contributed by atoms with E-state index in [0.717, 1.165) is 16.9 Å². The van der Waals surface area contributed by atoms with Crippen molar-refractivity contribution in [1.29, 1.82) is 0 Å². The molecule has 23 heavy (non-hydrogen) atoms. The molecule has 3 aromatic rings. The van der Waals surface area contributed by atoms with Gasteiger partial charge < -0.3 is 9.73 Å². The van der Waals surface area contributed by atoms with Crippen molar-refractivity contribution in [2.75, 3.05) is 0 Å². The molecule has 0 bridgehead atoms. The molecule has 3 nitrogen and oxygen atoms in total. The van der Waals surface area contributed by atoms with Gasteiger partial charge in [-0.2, -0.15) is 0 Å². The Balaban J connectivity index is 1.88. The molecule has 0 aliphatic heterocycles. The maximum Gasteiger partial charge on any atom is 0.232 e. The van der Waals surface area contributed by atoms with Gasteiger partial charge in [0.25, 0.3) is 0 Å². The van der Waals surface area contributed by atoms with Crippen molar-refractivity contribution in [1.82, 2.24) is 5.32 Å². The van der Waals surface area contributed by atoms with Gasteiger partial charge in [-0.25, -0.2) is 0 Å². The molecule has 2 aromatic carbocycles. The van der Waals surface area contributed by atoms with Gasteiger partial charge in [0.2, 0.25) is 5.91 Å². The highest BCUT2D eigenvalue weighted by atomic mass is 16.3. The number of carbonyl (C=O) groups is 1. The number of benzene rings is 2. The van der Waals surface area contributed by atoms with Crippen LogP contribution in [0.2, 0.25) is 0 Å². The summed E-state index contributed by atoms with van der Waals surface area (Å²) in [7, 11) is 0. The van der Waals surface area contributed by atoms with Gasteiger partial charge in [-0.3, -0.25) is 4.79 Å². The third-order valence-corrected chi connectivity index (χ3v) is 3.86. The topological polar surface area (TPSA) is 42.2 Å². The summed E-state index contributed by atoms with van der Waals surface area (Å²) in [5, 5.41) is 3.05. The molecule has 0 spiro atoms. The number of nitrogens with one attached hydrogen (secondary N) is 1. The number of rotatable bonds is 5. The predicted molar refractivity (Wildman–Crippen MR) is 90.0 cm³/mol. The molecule has 0 radical (unpaired) electrons. The van der Waals surface area contributed by atoms with E-state index in [1.165, 1.54) is 0 Å². The molecule has 3 heteroatoms. The van der Waals surface area contributed by atoms with E-state index in [-0.39, 0.29) is 17.9 Å². The fraction of sp³-hybridized carbons (Fsp3) is 0.150. The van der Waals surface area contributed by atoms with Crippen LogP contribution in [-0.2, 0) is 4.79 Å².